The van der Waals surface area contributed by atoms with Crippen LogP contribution in [0.2, 0.25) is 0 Å². The van der Waals surface area contributed by atoms with Gasteiger partial charge in [0.2, 0.25) is 13.6 Å². The lowest BCUT2D eigenvalue weighted by Crippen LogP contribution is -3.59. The summed E-state index contributed by atoms with van der Waals surface area (Å²) in [4.78, 5) is 0.306. The highest BCUT2D eigenvalue weighted by Crippen LogP contribution is 2.21. The molecule has 1 atom stereocenters. The van der Waals surface area contributed by atoms with E-state index < -0.39 is 25.6 Å². The average Bonchev–Trinajstić information content (AvgIpc) is 2.86. The summed E-state index contributed by atoms with van der Waals surface area (Å²) in [7, 11) is -9.56. The normalized spacial score (nSPS) is 12.4. The van der Waals surface area contributed by atoms with Crippen molar-refractivity contribution in [3.05, 3.63) is 99.6 Å². The third-order valence-electron chi connectivity index (χ3n) is 4.90. The van der Waals surface area contributed by atoms with Crippen LogP contribution >= 0.6 is 0 Å². The first-order valence-electron chi connectivity index (χ1n) is 11.1. The van der Waals surface area contributed by atoms with E-state index in [1.807, 2.05) is 55.5 Å². The molecule has 0 saturated carbocycles. The molecule has 38 heavy (non-hydrogen) atoms. The smallest absolute Gasteiger partial charge is 0.485 e. The zero-order chi connectivity index (χ0) is 28.2. The van der Waals surface area contributed by atoms with Crippen molar-refractivity contribution in [3.63, 3.8) is 0 Å². The number of halogens is 4. The van der Waals surface area contributed by atoms with E-state index >= 15 is 0 Å². The van der Waals surface area contributed by atoms with Crippen LogP contribution in [0, 0.1) is 20.3 Å². The molecular formula is C26H25F3INO5S2. The first kappa shape index (κ1) is 31.8. The molecule has 0 aliphatic carbocycles. The van der Waals surface area contributed by atoms with Crippen molar-refractivity contribution < 1.29 is 55.8 Å². The largest absolute Gasteiger partial charge is 0.741 e. The maximum absolute atomic E-state index is 12.5. The van der Waals surface area contributed by atoms with Crippen molar-refractivity contribution >= 4 is 20.1 Å². The van der Waals surface area contributed by atoms with E-state index in [9.17, 15) is 21.6 Å². The van der Waals surface area contributed by atoms with Gasteiger partial charge in [-0.25, -0.2) is 21.6 Å². The Bertz CT molecular complexity index is 1420. The Hall–Kier alpha value is -2.44. The summed E-state index contributed by atoms with van der Waals surface area (Å²) in [6, 6.07) is 27.5. The zero-order valence-electron chi connectivity index (χ0n) is 20.2. The maximum atomic E-state index is 12.5. The van der Waals surface area contributed by atoms with Crippen LogP contribution in [0.1, 0.15) is 29.9 Å². The summed E-state index contributed by atoms with van der Waals surface area (Å²) < 4.78 is 91.2. The van der Waals surface area contributed by atoms with Gasteiger partial charge in [0.25, 0.3) is 0 Å². The number of nitrogens with one attached hydrogen (secondary N) is 1. The molecule has 6 nitrogen and oxygen atoms in total. The second kappa shape index (κ2) is 14.6. The Labute approximate surface area is 231 Å². The minimum absolute atomic E-state index is 0.110. The number of hydrogen-bond donors (Lipinski definition) is 1. The summed E-state index contributed by atoms with van der Waals surface area (Å²) >= 11 is -0.344. The van der Waals surface area contributed by atoms with Crippen LogP contribution in [-0.2, 0) is 20.1 Å². The summed E-state index contributed by atoms with van der Waals surface area (Å²) in [5.74, 6) is 3.55. The third-order valence-corrected chi connectivity index (χ3v) is 8.86. The van der Waals surface area contributed by atoms with Gasteiger partial charge in [-0.1, -0.05) is 66.2 Å². The standard InChI is InChI=1S/C25H25INO2S.CHF3O3S/c1-21-14-16-25(17-15-21)30(28,29)27-20-8-11-23(22-9-4-2-5-10-22)18-19-26-24-12-6-3-7-13-24;2-1(3,4)8(5,6)7/h2-7,9-10,12-17,23,27H,8,11,20H2,1H3;(H,5,6,7)/q+1;/p-1. The van der Waals surface area contributed by atoms with Gasteiger partial charge >= 0.3 is 26.7 Å². The topological polar surface area (TPSA) is 103 Å². The first-order valence-corrected chi connectivity index (χ1v) is 16.2. The molecule has 0 radical (unpaired) electrons. The number of benzene rings is 3. The maximum Gasteiger partial charge on any atom is 0.485 e. The SMILES string of the molecule is Cc1ccc(S(=O)(=O)NCCCC(C#C[I+]c2ccccc2)c2ccccc2)cc1.O=S(=O)([O-])C(F)(F)F. The molecule has 0 heterocycles. The highest BCUT2D eigenvalue weighted by Gasteiger charge is 2.36. The van der Waals surface area contributed by atoms with Crippen molar-refractivity contribution in [1.82, 2.24) is 4.72 Å². The third kappa shape index (κ3) is 11.1. The van der Waals surface area contributed by atoms with Gasteiger partial charge in [0, 0.05) is 12.5 Å². The van der Waals surface area contributed by atoms with Crippen molar-refractivity contribution in [2.24, 2.45) is 0 Å². The second-order valence-electron chi connectivity index (χ2n) is 7.85. The Kier molecular flexibility index (Phi) is 12.2. The first-order chi connectivity index (χ1) is 17.8. The molecule has 0 saturated heterocycles. The monoisotopic (exact) mass is 679 g/mol. The van der Waals surface area contributed by atoms with Crippen LogP contribution in [0.3, 0.4) is 0 Å². The van der Waals surface area contributed by atoms with Crippen LogP contribution < -0.4 is 25.9 Å². The van der Waals surface area contributed by atoms with E-state index in [2.05, 4.69) is 38.8 Å². The molecular weight excluding hydrogens is 654 g/mol. The molecule has 0 aliphatic rings. The van der Waals surface area contributed by atoms with Crippen molar-refractivity contribution in [2.45, 2.75) is 36.1 Å². The van der Waals surface area contributed by atoms with Crippen LogP contribution in [0.15, 0.2) is 89.8 Å². The average molecular weight is 680 g/mol. The zero-order valence-corrected chi connectivity index (χ0v) is 23.9. The van der Waals surface area contributed by atoms with Crippen molar-refractivity contribution in [1.29, 1.82) is 0 Å². The highest BCUT2D eigenvalue weighted by molar-refractivity contribution is 7.89. The predicted molar refractivity (Wildman–Crippen MR) is 133 cm³/mol. The van der Waals surface area contributed by atoms with Crippen LogP contribution in [0.4, 0.5) is 13.2 Å². The lowest BCUT2D eigenvalue weighted by molar-refractivity contribution is -0.535. The minimum Gasteiger partial charge on any atom is -0.741 e. The lowest BCUT2D eigenvalue weighted by Gasteiger charge is -2.11. The van der Waals surface area contributed by atoms with Gasteiger partial charge in [0.05, 0.1) is 4.90 Å². The Balaban J connectivity index is 0.000000550. The van der Waals surface area contributed by atoms with Gasteiger partial charge in [-0.3, -0.25) is 0 Å². The Morgan fingerprint density at radius 1 is 0.895 bits per heavy atom. The van der Waals surface area contributed by atoms with E-state index in [1.165, 1.54) is 9.13 Å². The Morgan fingerprint density at radius 2 is 1.42 bits per heavy atom. The molecule has 0 bridgehead atoms. The molecule has 3 rings (SSSR count). The molecule has 0 aromatic heterocycles. The number of sulfonamides is 1. The number of aryl methyl sites for hydroxylation is 1. The highest BCUT2D eigenvalue weighted by atomic mass is 127. The van der Waals surface area contributed by atoms with Crippen LogP contribution in [0.25, 0.3) is 0 Å². The molecule has 0 aliphatic heterocycles. The second-order valence-corrected chi connectivity index (χ2v) is 13.3. The summed E-state index contributed by atoms with van der Waals surface area (Å²) in [5, 5.41) is 0. The van der Waals surface area contributed by atoms with Crippen LogP contribution in [0.5, 0.6) is 0 Å². The van der Waals surface area contributed by atoms with Crippen LogP contribution in [-0.4, -0.2) is 33.4 Å². The molecule has 3 aromatic carbocycles. The number of hydrogen-bond acceptors (Lipinski definition) is 5. The van der Waals surface area contributed by atoms with Gasteiger partial charge in [-0.15, -0.1) is 0 Å². The van der Waals surface area contributed by atoms with E-state index in [0.29, 0.717) is 11.4 Å². The van der Waals surface area contributed by atoms with E-state index in [4.69, 9.17) is 13.0 Å². The lowest BCUT2D eigenvalue weighted by atomic mass is 9.95. The summed E-state index contributed by atoms with van der Waals surface area (Å²) in [5.41, 5.74) is -3.42. The van der Waals surface area contributed by atoms with Gasteiger partial charge in [0.1, 0.15) is 0 Å². The molecule has 0 amide bonds. The fourth-order valence-corrected chi connectivity index (χ4v) is 5.64. The summed E-state index contributed by atoms with van der Waals surface area (Å²) in [6.45, 7) is 2.34. The van der Waals surface area contributed by atoms with Crippen molar-refractivity contribution in [2.75, 3.05) is 6.54 Å². The van der Waals surface area contributed by atoms with E-state index in [1.54, 1.807) is 12.1 Å². The quantitative estimate of drug-likeness (QED) is 0.129. The number of alkyl halides is 3. The van der Waals surface area contributed by atoms with Crippen molar-refractivity contribution in [3.8, 4) is 9.85 Å². The molecule has 3 aromatic rings. The van der Waals surface area contributed by atoms with Gasteiger partial charge in [-0.05, 0) is 55.5 Å². The van der Waals surface area contributed by atoms with Gasteiger partial charge in [-0.2, -0.15) is 13.2 Å². The van der Waals surface area contributed by atoms with E-state index in [-0.39, 0.29) is 27.1 Å². The van der Waals surface area contributed by atoms with E-state index in [0.717, 1.165) is 18.4 Å². The van der Waals surface area contributed by atoms with Gasteiger partial charge in [0.15, 0.2) is 14.0 Å². The fraction of sp³-hybridized carbons (Fsp3) is 0.231. The molecule has 12 heteroatoms. The number of rotatable bonds is 8. The summed E-state index contributed by atoms with van der Waals surface area (Å²) in [6.07, 6.45) is 1.54. The van der Waals surface area contributed by atoms with Gasteiger partial charge < -0.3 is 4.55 Å². The molecule has 1 N–H and O–H groups in total. The molecule has 204 valence electrons. The molecule has 1 unspecified atom stereocenters. The molecule has 0 fully saturated rings. The minimum atomic E-state index is -6.09. The fourth-order valence-electron chi connectivity index (χ4n) is 2.95. The Morgan fingerprint density at radius 3 is 1.95 bits per heavy atom. The predicted octanol–water partition coefficient (Wildman–Crippen LogP) is 1.81. The molecule has 0 spiro atoms.